The summed E-state index contributed by atoms with van der Waals surface area (Å²) in [5.41, 5.74) is -0.00598. The van der Waals surface area contributed by atoms with Gasteiger partial charge in [0, 0.05) is 12.3 Å². The van der Waals surface area contributed by atoms with Crippen LogP contribution in [0.15, 0.2) is 40.4 Å². The number of benzene rings is 1. The van der Waals surface area contributed by atoms with E-state index in [1.165, 1.54) is 16.8 Å². The van der Waals surface area contributed by atoms with Crippen molar-refractivity contribution in [1.82, 2.24) is 9.55 Å². The maximum atomic E-state index is 11.3. The fraction of sp³-hybridized carbons (Fsp3) is 0.0833. The Kier molecular flexibility index (Phi) is 4.69. The topological polar surface area (TPSA) is 72.2 Å². The molecule has 0 aliphatic rings. The van der Waals surface area contributed by atoms with E-state index < -0.39 is 11.5 Å². The van der Waals surface area contributed by atoms with Gasteiger partial charge in [0.25, 0.3) is 5.56 Å². The first kappa shape index (κ1) is 14.9. The molecule has 0 radical (unpaired) electrons. The highest BCUT2D eigenvalue weighted by Crippen LogP contribution is 2.30. The number of rotatable bonds is 4. The fourth-order valence-electron chi connectivity index (χ4n) is 1.50. The highest BCUT2D eigenvalue weighted by atomic mass is 35.5. The van der Waals surface area contributed by atoms with E-state index in [4.69, 9.17) is 28.3 Å². The molecule has 1 aromatic carbocycles. The Hall–Kier alpha value is -1.50. The number of aliphatic carboxylic acids is 1. The van der Waals surface area contributed by atoms with Crippen LogP contribution in [0.1, 0.15) is 0 Å². The normalized spacial score (nSPS) is 10.5. The minimum atomic E-state index is -1.01. The number of nitrogens with zero attached hydrogens (tertiary/aromatic N) is 2. The predicted octanol–water partition coefficient (Wildman–Crippen LogP) is 2.72. The van der Waals surface area contributed by atoms with E-state index in [1.54, 1.807) is 18.2 Å². The van der Waals surface area contributed by atoms with Crippen molar-refractivity contribution in [1.29, 1.82) is 0 Å². The van der Waals surface area contributed by atoms with Crippen molar-refractivity contribution in [2.75, 3.05) is 5.75 Å². The fourth-order valence-corrected chi connectivity index (χ4v) is 2.78. The zero-order valence-electron chi connectivity index (χ0n) is 9.92. The van der Waals surface area contributed by atoms with Crippen LogP contribution in [0.25, 0.3) is 5.69 Å². The molecule has 20 heavy (non-hydrogen) atoms. The molecule has 5 nitrogen and oxygen atoms in total. The summed E-state index contributed by atoms with van der Waals surface area (Å²) in [6, 6.07) is 6.23. The van der Waals surface area contributed by atoms with Crippen molar-refractivity contribution in [3.05, 3.63) is 50.9 Å². The zero-order chi connectivity index (χ0) is 14.7. The third-order valence-electron chi connectivity index (χ3n) is 2.28. The van der Waals surface area contributed by atoms with Gasteiger partial charge >= 0.3 is 5.97 Å². The number of hydrogen-bond donors (Lipinski definition) is 1. The quantitative estimate of drug-likeness (QED) is 0.689. The van der Waals surface area contributed by atoms with Gasteiger partial charge in [-0.25, -0.2) is 0 Å². The van der Waals surface area contributed by atoms with Crippen molar-refractivity contribution >= 4 is 40.9 Å². The van der Waals surface area contributed by atoms with Crippen LogP contribution in [-0.4, -0.2) is 26.4 Å². The standard InChI is InChI=1S/C12H8Cl2N2O3S/c13-7-2-1-3-8(14)11(7)16-5-4-9(17)15-12(16)20-6-10(18)19/h1-5H,6H2,(H,18,19). The van der Waals surface area contributed by atoms with Crippen LogP contribution in [0.3, 0.4) is 0 Å². The van der Waals surface area contributed by atoms with Crippen LogP contribution < -0.4 is 5.56 Å². The number of hydrogen-bond acceptors (Lipinski definition) is 4. The second kappa shape index (κ2) is 6.30. The molecule has 2 rings (SSSR count). The first-order valence-electron chi connectivity index (χ1n) is 5.37. The van der Waals surface area contributed by atoms with Gasteiger partial charge in [-0.3, -0.25) is 14.2 Å². The summed E-state index contributed by atoms with van der Waals surface area (Å²) >= 11 is 13.1. The third kappa shape index (κ3) is 3.33. The van der Waals surface area contributed by atoms with Gasteiger partial charge in [-0.15, -0.1) is 0 Å². The molecule has 0 saturated heterocycles. The van der Waals surface area contributed by atoms with E-state index in [0.717, 1.165) is 11.8 Å². The van der Waals surface area contributed by atoms with Gasteiger partial charge in [0.1, 0.15) is 0 Å². The van der Waals surface area contributed by atoms with Gasteiger partial charge in [-0.1, -0.05) is 41.0 Å². The Balaban J connectivity index is 2.56. The molecule has 0 spiro atoms. The van der Waals surface area contributed by atoms with E-state index in [1.807, 2.05) is 0 Å². The molecule has 0 unspecified atom stereocenters. The number of carboxylic acid groups (broad SMARTS) is 1. The van der Waals surface area contributed by atoms with Crippen LogP contribution >= 0.6 is 35.0 Å². The molecule has 0 aliphatic heterocycles. The summed E-state index contributed by atoms with van der Waals surface area (Å²) in [5, 5.41) is 9.69. The SMILES string of the molecule is O=C(O)CSc1nc(=O)ccn1-c1c(Cl)cccc1Cl. The monoisotopic (exact) mass is 330 g/mol. The summed E-state index contributed by atoms with van der Waals surface area (Å²) in [6.07, 6.45) is 1.46. The number of halogens is 2. The van der Waals surface area contributed by atoms with Crippen molar-refractivity contribution in [3.63, 3.8) is 0 Å². The van der Waals surface area contributed by atoms with Crippen molar-refractivity contribution < 1.29 is 9.90 Å². The lowest BCUT2D eigenvalue weighted by Gasteiger charge is -2.13. The van der Waals surface area contributed by atoms with E-state index in [9.17, 15) is 9.59 Å². The van der Waals surface area contributed by atoms with Crippen LogP contribution in [0, 0.1) is 0 Å². The number of para-hydroxylation sites is 1. The molecule has 0 atom stereocenters. The molecular weight excluding hydrogens is 323 g/mol. The molecule has 0 fully saturated rings. The molecule has 0 aliphatic carbocycles. The number of carbonyl (C=O) groups is 1. The lowest BCUT2D eigenvalue weighted by atomic mass is 10.3. The molecule has 0 bridgehead atoms. The Morgan fingerprint density at radius 2 is 1.95 bits per heavy atom. The molecule has 1 N–H and O–H groups in total. The summed E-state index contributed by atoms with van der Waals surface area (Å²) < 4.78 is 1.50. The lowest BCUT2D eigenvalue weighted by Crippen LogP contribution is -2.13. The Bertz CT molecular complexity index is 698. The van der Waals surface area contributed by atoms with Crippen LogP contribution in [-0.2, 0) is 4.79 Å². The van der Waals surface area contributed by atoms with Crippen LogP contribution in [0.4, 0.5) is 0 Å². The highest BCUT2D eigenvalue weighted by molar-refractivity contribution is 7.99. The molecule has 0 saturated carbocycles. The summed E-state index contributed by atoms with van der Waals surface area (Å²) in [4.78, 5) is 25.8. The molecular formula is C12H8Cl2N2O3S. The van der Waals surface area contributed by atoms with E-state index in [2.05, 4.69) is 4.98 Å². The van der Waals surface area contributed by atoms with E-state index in [0.29, 0.717) is 15.7 Å². The van der Waals surface area contributed by atoms with Gasteiger partial charge in [0.15, 0.2) is 5.16 Å². The van der Waals surface area contributed by atoms with Crippen molar-refractivity contribution in [2.24, 2.45) is 0 Å². The number of thioether (sulfide) groups is 1. The van der Waals surface area contributed by atoms with Crippen molar-refractivity contribution in [3.8, 4) is 5.69 Å². The van der Waals surface area contributed by atoms with Crippen molar-refractivity contribution in [2.45, 2.75) is 5.16 Å². The lowest BCUT2D eigenvalue weighted by molar-refractivity contribution is -0.133. The smallest absolute Gasteiger partial charge is 0.313 e. The first-order chi connectivity index (χ1) is 9.49. The molecule has 8 heteroatoms. The predicted molar refractivity (Wildman–Crippen MR) is 78.2 cm³/mol. The van der Waals surface area contributed by atoms with Crippen LogP contribution in [0.2, 0.25) is 10.0 Å². The average molecular weight is 331 g/mol. The number of aromatic nitrogens is 2. The Labute approximate surface area is 128 Å². The summed E-state index contributed by atoms with van der Waals surface area (Å²) in [6.45, 7) is 0. The molecule has 1 aromatic heterocycles. The van der Waals surface area contributed by atoms with Gasteiger partial charge in [0.05, 0.1) is 21.5 Å². The Morgan fingerprint density at radius 3 is 2.55 bits per heavy atom. The van der Waals surface area contributed by atoms with Gasteiger partial charge in [0.2, 0.25) is 0 Å². The highest BCUT2D eigenvalue weighted by Gasteiger charge is 2.13. The zero-order valence-corrected chi connectivity index (χ0v) is 12.2. The molecule has 2 aromatic rings. The first-order valence-corrected chi connectivity index (χ1v) is 7.12. The minimum Gasteiger partial charge on any atom is -0.481 e. The van der Waals surface area contributed by atoms with Gasteiger partial charge < -0.3 is 5.11 Å². The summed E-state index contributed by atoms with van der Waals surface area (Å²) in [7, 11) is 0. The van der Waals surface area contributed by atoms with Gasteiger partial charge in [-0.2, -0.15) is 4.98 Å². The maximum Gasteiger partial charge on any atom is 0.313 e. The second-order valence-electron chi connectivity index (χ2n) is 3.67. The third-order valence-corrected chi connectivity index (χ3v) is 3.83. The maximum absolute atomic E-state index is 11.3. The Morgan fingerprint density at radius 1 is 1.30 bits per heavy atom. The van der Waals surface area contributed by atoms with E-state index >= 15 is 0 Å². The second-order valence-corrected chi connectivity index (χ2v) is 5.43. The summed E-state index contributed by atoms with van der Waals surface area (Å²) in [5.74, 6) is -1.23. The minimum absolute atomic E-state index is 0.218. The largest absolute Gasteiger partial charge is 0.481 e. The molecule has 104 valence electrons. The van der Waals surface area contributed by atoms with E-state index in [-0.39, 0.29) is 10.9 Å². The molecule has 1 heterocycles. The average Bonchev–Trinajstić information content (AvgIpc) is 2.38. The number of carboxylic acids is 1. The van der Waals surface area contributed by atoms with Gasteiger partial charge in [-0.05, 0) is 12.1 Å². The van der Waals surface area contributed by atoms with Crippen LogP contribution in [0.5, 0.6) is 0 Å². The molecule has 0 amide bonds.